The molecule has 1 rings (SSSR count). The molecule has 0 radical (unpaired) electrons. The van der Waals surface area contributed by atoms with Gasteiger partial charge in [-0.15, -0.1) is 0 Å². The summed E-state index contributed by atoms with van der Waals surface area (Å²) in [6.07, 6.45) is 0. The summed E-state index contributed by atoms with van der Waals surface area (Å²) in [6, 6.07) is 2.26. The summed E-state index contributed by atoms with van der Waals surface area (Å²) in [5.41, 5.74) is 2.78. The van der Waals surface area contributed by atoms with E-state index in [0.717, 1.165) is 23.5 Å². The number of aromatic nitrogens is 1. The number of aromatic amines is 1. The number of nitrogens with one attached hydrogen (secondary N) is 1. The first kappa shape index (κ1) is 14.9. The van der Waals surface area contributed by atoms with Crippen molar-refractivity contribution in [2.75, 3.05) is 26.8 Å². The van der Waals surface area contributed by atoms with Crippen LogP contribution in [0.2, 0.25) is 0 Å². The van der Waals surface area contributed by atoms with Crippen molar-refractivity contribution in [1.29, 1.82) is 0 Å². The van der Waals surface area contributed by atoms with Crippen molar-refractivity contribution >= 4 is 5.78 Å². The number of nitrogens with zero attached hydrogens (tertiary/aromatic N) is 1. The lowest BCUT2D eigenvalue weighted by molar-refractivity contribution is 0.0851. The molecular weight excluding hydrogens is 228 g/mol. The maximum absolute atomic E-state index is 12.3. The van der Waals surface area contributed by atoms with E-state index in [4.69, 9.17) is 4.74 Å². The number of ether oxygens (including phenoxy) is 1. The maximum atomic E-state index is 12.3. The van der Waals surface area contributed by atoms with Crippen LogP contribution in [0.4, 0.5) is 0 Å². The minimum atomic E-state index is 0.168. The van der Waals surface area contributed by atoms with Gasteiger partial charge in [0.25, 0.3) is 0 Å². The molecule has 0 spiro atoms. The number of aryl methyl sites for hydroxylation is 2. The van der Waals surface area contributed by atoms with E-state index >= 15 is 0 Å². The third kappa shape index (κ3) is 3.96. The van der Waals surface area contributed by atoms with Crippen LogP contribution in [-0.2, 0) is 4.74 Å². The highest BCUT2D eigenvalue weighted by Gasteiger charge is 2.17. The fraction of sp³-hybridized carbons (Fsp3) is 0.643. The maximum Gasteiger partial charge on any atom is 0.178 e. The van der Waals surface area contributed by atoms with Gasteiger partial charge in [0.15, 0.2) is 5.78 Å². The molecule has 0 aromatic carbocycles. The van der Waals surface area contributed by atoms with Crippen LogP contribution >= 0.6 is 0 Å². The second kappa shape index (κ2) is 6.71. The van der Waals surface area contributed by atoms with E-state index in [0.29, 0.717) is 19.2 Å². The van der Waals surface area contributed by atoms with Gasteiger partial charge in [-0.1, -0.05) is 0 Å². The molecule has 0 amide bonds. The molecule has 1 aromatic heterocycles. The summed E-state index contributed by atoms with van der Waals surface area (Å²) >= 11 is 0. The van der Waals surface area contributed by atoms with Gasteiger partial charge in [-0.2, -0.15) is 0 Å². The van der Waals surface area contributed by atoms with Crippen molar-refractivity contribution in [3.63, 3.8) is 0 Å². The summed E-state index contributed by atoms with van der Waals surface area (Å²) in [7, 11) is 1.68. The smallest absolute Gasteiger partial charge is 0.178 e. The first-order valence-corrected chi connectivity index (χ1v) is 6.38. The van der Waals surface area contributed by atoms with Crippen LogP contribution in [0.15, 0.2) is 6.07 Å². The zero-order valence-corrected chi connectivity index (χ0v) is 12.0. The van der Waals surface area contributed by atoms with Crippen molar-refractivity contribution in [2.24, 2.45) is 0 Å². The van der Waals surface area contributed by atoms with Crippen LogP contribution in [0.3, 0.4) is 0 Å². The Bertz CT molecular complexity index is 396. The van der Waals surface area contributed by atoms with Gasteiger partial charge in [0.1, 0.15) is 0 Å². The Morgan fingerprint density at radius 1 is 1.44 bits per heavy atom. The number of ketones is 1. The molecule has 4 heteroatoms. The van der Waals surface area contributed by atoms with Gasteiger partial charge < -0.3 is 9.72 Å². The van der Waals surface area contributed by atoms with Crippen LogP contribution in [0.25, 0.3) is 0 Å². The van der Waals surface area contributed by atoms with E-state index in [1.165, 1.54) is 0 Å². The molecule has 0 aliphatic rings. The quantitative estimate of drug-likeness (QED) is 0.756. The molecule has 102 valence electrons. The van der Waals surface area contributed by atoms with Gasteiger partial charge in [-0.05, 0) is 33.8 Å². The number of H-pyrrole nitrogens is 1. The lowest BCUT2D eigenvalue weighted by atomic mass is 10.1. The Morgan fingerprint density at radius 2 is 2.11 bits per heavy atom. The number of Topliss-reactive ketones (excluding diaryl/α,β-unsaturated/α-hetero) is 1. The largest absolute Gasteiger partial charge is 0.383 e. The summed E-state index contributed by atoms with van der Waals surface area (Å²) in [4.78, 5) is 17.6. The minimum absolute atomic E-state index is 0.168. The van der Waals surface area contributed by atoms with Gasteiger partial charge in [0, 0.05) is 36.6 Å². The Labute approximate surface area is 109 Å². The number of rotatable bonds is 7. The zero-order chi connectivity index (χ0) is 13.7. The Hall–Kier alpha value is -1.13. The molecule has 0 fully saturated rings. The fourth-order valence-electron chi connectivity index (χ4n) is 2.01. The van der Waals surface area contributed by atoms with Gasteiger partial charge in [-0.25, -0.2) is 0 Å². The van der Waals surface area contributed by atoms with E-state index in [-0.39, 0.29) is 5.78 Å². The standard InChI is InChI=1S/C14H24N2O2/c1-10(2)16(6-7-18-5)9-14(17)13-8-11(3)15-12(13)4/h8,10,15H,6-7,9H2,1-5H3. The molecule has 1 heterocycles. The number of carbonyl (C=O) groups excluding carboxylic acids is 1. The Morgan fingerprint density at radius 3 is 2.56 bits per heavy atom. The average molecular weight is 252 g/mol. The van der Waals surface area contributed by atoms with Crippen LogP contribution in [0.5, 0.6) is 0 Å². The summed E-state index contributed by atoms with van der Waals surface area (Å²) in [6.45, 7) is 9.97. The summed E-state index contributed by atoms with van der Waals surface area (Å²) in [5.74, 6) is 0.168. The van der Waals surface area contributed by atoms with Crippen LogP contribution in [0.1, 0.15) is 35.6 Å². The van der Waals surface area contributed by atoms with Crippen LogP contribution < -0.4 is 0 Å². The zero-order valence-electron chi connectivity index (χ0n) is 12.0. The molecular formula is C14H24N2O2. The van der Waals surface area contributed by atoms with Gasteiger partial charge in [0.2, 0.25) is 0 Å². The minimum Gasteiger partial charge on any atom is -0.383 e. The summed E-state index contributed by atoms with van der Waals surface area (Å²) < 4.78 is 5.08. The van der Waals surface area contributed by atoms with E-state index in [2.05, 4.69) is 23.7 Å². The molecule has 0 aliphatic heterocycles. The van der Waals surface area contributed by atoms with E-state index in [9.17, 15) is 4.79 Å². The monoisotopic (exact) mass is 252 g/mol. The highest BCUT2D eigenvalue weighted by Crippen LogP contribution is 2.11. The van der Waals surface area contributed by atoms with Gasteiger partial charge in [0.05, 0.1) is 13.2 Å². The highest BCUT2D eigenvalue weighted by atomic mass is 16.5. The topological polar surface area (TPSA) is 45.3 Å². The predicted molar refractivity (Wildman–Crippen MR) is 73.2 cm³/mol. The molecule has 0 unspecified atom stereocenters. The highest BCUT2D eigenvalue weighted by molar-refractivity contribution is 5.98. The average Bonchev–Trinajstić information content (AvgIpc) is 2.63. The number of carbonyl (C=O) groups is 1. The number of methoxy groups -OCH3 is 1. The molecule has 0 saturated heterocycles. The molecule has 1 N–H and O–H groups in total. The number of hydrogen-bond donors (Lipinski definition) is 1. The van der Waals surface area contributed by atoms with E-state index in [1.807, 2.05) is 19.9 Å². The first-order valence-electron chi connectivity index (χ1n) is 6.38. The fourth-order valence-corrected chi connectivity index (χ4v) is 2.01. The van der Waals surface area contributed by atoms with Gasteiger partial charge in [-0.3, -0.25) is 9.69 Å². The van der Waals surface area contributed by atoms with Crippen molar-refractivity contribution in [1.82, 2.24) is 9.88 Å². The Balaban J connectivity index is 2.69. The lowest BCUT2D eigenvalue weighted by Crippen LogP contribution is -2.38. The molecule has 0 bridgehead atoms. The third-order valence-electron chi connectivity index (χ3n) is 3.11. The Kier molecular flexibility index (Phi) is 5.56. The third-order valence-corrected chi connectivity index (χ3v) is 3.11. The molecule has 0 atom stereocenters. The molecule has 0 saturated carbocycles. The number of hydrogen-bond acceptors (Lipinski definition) is 3. The summed E-state index contributed by atoms with van der Waals surface area (Å²) in [5, 5.41) is 0. The lowest BCUT2D eigenvalue weighted by Gasteiger charge is -2.25. The van der Waals surface area contributed by atoms with Gasteiger partial charge >= 0.3 is 0 Å². The van der Waals surface area contributed by atoms with E-state index in [1.54, 1.807) is 7.11 Å². The van der Waals surface area contributed by atoms with E-state index < -0.39 is 0 Å². The van der Waals surface area contributed by atoms with Crippen LogP contribution in [-0.4, -0.2) is 48.5 Å². The van der Waals surface area contributed by atoms with Crippen LogP contribution in [0, 0.1) is 13.8 Å². The van der Waals surface area contributed by atoms with Crippen molar-refractivity contribution in [3.05, 3.63) is 23.0 Å². The predicted octanol–water partition coefficient (Wildman–Crippen LogP) is 2.17. The molecule has 0 aliphatic carbocycles. The van der Waals surface area contributed by atoms with Crippen molar-refractivity contribution < 1.29 is 9.53 Å². The normalized spacial score (nSPS) is 11.5. The van der Waals surface area contributed by atoms with Crippen molar-refractivity contribution in [3.8, 4) is 0 Å². The first-order chi connectivity index (χ1) is 8.45. The molecule has 18 heavy (non-hydrogen) atoms. The second-order valence-electron chi connectivity index (χ2n) is 4.97. The SMILES string of the molecule is COCCN(CC(=O)c1cc(C)[nH]c1C)C(C)C. The second-order valence-corrected chi connectivity index (χ2v) is 4.97. The van der Waals surface area contributed by atoms with Crippen molar-refractivity contribution in [2.45, 2.75) is 33.7 Å². The molecule has 4 nitrogen and oxygen atoms in total. The molecule has 1 aromatic rings.